The van der Waals surface area contributed by atoms with Gasteiger partial charge in [-0.25, -0.2) is 0 Å². The standard InChI is InChI=1S/C28H58O4/c1-3-5-7-9-11-13-15-17-19-21-25(29)23-27(31)28(32)24-26(30)22-20-18-16-14-12-10-8-6-4-2/h25-32H,3-24H2,1-2H3. The molecule has 0 aliphatic carbocycles. The summed E-state index contributed by atoms with van der Waals surface area (Å²) in [5, 5.41) is 40.7. The molecule has 0 saturated heterocycles. The van der Waals surface area contributed by atoms with Gasteiger partial charge in [0.2, 0.25) is 0 Å². The molecule has 4 heteroatoms. The molecule has 0 amide bonds. The molecule has 0 bridgehead atoms. The van der Waals surface area contributed by atoms with Crippen LogP contribution in [-0.2, 0) is 0 Å². The lowest BCUT2D eigenvalue weighted by atomic mass is 9.96. The van der Waals surface area contributed by atoms with Crippen molar-refractivity contribution >= 4 is 0 Å². The van der Waals surface area contributed by atoms with Crippen LogP contribution in [0.4, 0.5) is 0 Å². The molecular weight excluding hydrogens is 400 g/mol. The highest BCUT2D eigenvalue weighted by Gasteiger charge is 2.22. The van der Waals surface area contributed by atoms with Crippen molar-refractivity contribution in [3.05, 3.63) is 0 Å². The largest absolute Gasteiger partial charge is 0.393 e. The van der Waals surface area contributed by atoms with E-state index in [0.717, 1.165) is 25.7 Å². The molecule has 4 atom stereocenters. The second kappa shape index (κ2) is 24.0. The minimum absolute atomic E-state index is 0.197. The van der Waals surface area contributed by atoms with Crippen molar-refractivity contribution in [1.82, 2.24) is 0 Å². The summed E-state index contributed by atoms with van der Waals surface area (Å²) >= 11 is 0. The van der Waals surface area contributed by atoms with E-state index in [1.165, 1.54) is 89.9 Å². The van der Waals surface area contributed by atoms with Crippen molar-refractivity contribution in [2.75, 3.05) is 0 Å². The van der Waals surface area contributed by atoms with Crippen molar-refractivity contribution in [3.63, 3.8) is 0 Å². The fourth-order valence-electron chi connectivity index (χ4n) is 4.49. The third-order valence-corrected chi connectivity index (χ3v) is 6.75. The summed E-state index contributed by atoms with van der Waals surface area (Å²) in [7, 11) is 0. The molecule has 0 spiro atoms. The number of unbranched alkanes of at least 4 members (excludes halogenated alkanes) is 16. The first kappa shape index (κ1) is 31.8. The maximum atomic E-state index is 10.2. The van der Waals surface area contributed by atoms with Crippen molar-refractivity contribution < 1.29 is 20.4 Å². The van der Waals surface area contributed by atoms with E-state index in [2.05, 4.69) is 13.8 Å². The maximum absolute atomic E-state index is 10.2. The molecule has 0 heterocycles. The Balaban J connectivity index is 3.62. The monoisotopic (exact) mass is 458 g/mol. The Labute approximate surface area is 200 Å². The lowest BCUT2D eigenvalue weighted by Crippen LogP contribution is -2.33. The van der Waals surface area contributed by atoms with E-state index in [9.17, 15) is 20.4 Å². The average Bonchev–Trinajstić information content (AvgIpc) is 2.76. The second-order valence-corrected chi connectivity index (χ2v) is 10.1. The van der Waals surface area contributed by atoms with Crippen LogP contribution in [0.15, 0.2) is 0 Å². The molecule has 0 aliphatic heterocycles. The number of aliphatic hydroxyl groups is 4. The Kier molecular flexibility index (Phi) is 23.9. The second-order valence-electron chi connectivity index (χ2n) is 10.1. The molecule has 32 heavy (non-hydrogen) atoms. The summed E-state index contributed by atoms with van der Waals surface area (Å²) in [5.74, 6) is 0. The number of hydrogen-bond acceptors (Lipinski definition) is 4. The summed E-state index contributed by atoms with van der Waals surface area (Å²) in [4.78, 5) is 0. The summed E-state index contributed by atoms with van der Waals surface area (Å²) in [6, 6.07) is 0. The van der Waals surface area contributed by atoms with Gasteiger partial charge < -0.3 is 20.4 Å². The molecule has 0 aromatic carbocycles. The van der Waals surface area contributed by atoms with Gasteiger partial charge in [-0.15, -0.1) is 0 Å². The maximum Gasteiger partial charge on any atom is 0.0824 e. The fourth-order valence-corrected chi connectivity index (χ4v) is 4.49. The Morgan fingerprint density at radius 3 is 0.906 bits per heavy atom. The van der Waals surface area contributed by atoms with Gasteiger partial charge in [-0.3, -0.25) is 0 Å². The van der Waals surface area contributed by atoms with Gasteiger partial charge in [0, 0.05) is 12.8 Å². The summed E-state index contributed by atoms with van der Waals surface area (Å²) in [6.45, 7) is 4.48. The Hall–Kier alpha value is -0.160. The van der Waals surface area contributed by atoms with E-state index in [0.29, 0.717) is 12.8 Å². The van der Waals surface area contributed by atoms with Gasteiger partial charge >= 0.3 is 0 Å². The van der Waals surface area contributed by atoms with Crippen LogP contribution in [0.2, 0.25) is 0 Å². The molecule has 0 aromatic heterocycles. The predicted molar refractivity (Wildman–Crippen MR) is 137 cm³/mol. The molecule has 0 fully saturated rings. The number of aliphatic hydroxyl groups excluding tert-OH is 4. The highest BCUT2D eigenvalue weighted by atomic mass is 16.3. The van der Waals surface area contributed by atoms with Crippen LogP contribution >= 0.6 is 0 Å². The van der Waals surface area contributed by atoms with Crippen LogP contribution in [-0.4, -0.2) is 44.8 Å². The van der Waals surface area contributed by atoms with Crippen LogP contribution < -0.4 is 0 Å². The highest BCUT2D eigenvalue weighted by Crippen LogP contribution is 2.17. The topological polar surface area (TPSA) is 80.9 Å². The van der Waals surface area contributed by atoms with E-state index in [4.69, 9.17) is 0 Å². The van der Waals surface area contributed by atoms with Crippen molar-refractivity contribution in [2.45, 2.75) is 180 Å². The number of hydrogen-bond donors (Lipinski definition) is 4. The zero-order valence-electron chi connectivity index (χ0n) is 21.7. The number of rotatable bonds is 25. The summed E-state index contributed by atoms with van der Waals surface area (Å²) < 4.78 is 0. The minimum Gasteiger partial charge on any atom is -0.393 e. The first-order chi connectivity index (χ1) is 15.5. The first-order valence-electron chi connectivity index (χ1n) is 14.2. The molecule has 4 unspecified atom stereocenters. The molecular formula is C28H58O4. The lowest BCUT2D eigenvalue weighted by molar-refractivity contribution is -0.0365. The quantitative estimate of drug-likeness (QED) is 0.110. The fraction of sp³-hybridized carbons (Fsp3) is 1.00. The van der Waals surface area contributed by atoms with Gasteiger partial charge in [0.05, 0.1) is 24.4 Å². The van der Waals surface area contributed by atoms with E-state index in [1.54, 1.807) is 0 Å². The Morgan fingerprint density at radius 1 is 0.375 bits per heavy atom. The van der Waals surface area contributed by atoms with Crippen LogP contribution in [0.1, 0.15) is 155 Å². The Bertz CT molecular complexity index is 329. The molecule has 0 radical (unpaired) electrons. The summed E-state index contributed by atoms with van der Waals surface area (Å²) in [5.41, 5.74) is 0. The minimum atomic E-state index is -0.957. The third kappa shape index (κ3) is 21.7. The van der Waals surface area contributed by atoms with Gasteiger partial charge in [-0.05, 0) is 12.8 Å². The van der Waals surface area contributed by atoms with E-state index >= 15 is 0 Å². The molecule has 4 nitrogen and oxygen atoms in total. The van der Waals surface area contributed by atoms with Crippen molar-refractivity contribution in [1.29, 1.82) is 0 Å². The Morgan fingerprint density at radius 2 is 0.625 bits per heavy atom. The van der Waals surface area contributed by atoms with Crippen molar-refractivity contribution in [2.24, 2.45) is 0 Å². The van der Waals surface area contributed by atoms with Gasteiger partial charge in [0.1, 0.15) is 0 Å². The van der Waals surface area contributed by atoms with Crippen LogP contribution in [0.5, 0.6) is 0 Å². The van der Waals surface area contributed by atoms with Crippen molar-refractivity contribution in [3.8, 4) is 0 Å². The highest BCUT2D eigenvalue weighted by molar-refractivity contribution is 4.74. The van der Waals surface area contributed by atoms with Crippen LogP contribution in [0.25, 0.3) is 0 Å². The predicted octanol–water partition coefficient (Wildman–Crippen LogP) is 7.05. The summed E-state index contributed by atoms with van der Waals surface area (Å²) in [6.07, 6.45) is 21.2. The molecule has 0 aliphatic rings. The van der Waals surface area contributed by atoms with E-state index in [-0.39, 0.29) is 12.8 Å². The zero-order valence-corrected chi connectivity index (χ0v) is 21.7. The average molecular weight is 459 g/mol. The molecule has 0 aromatic rings. The van der Waals surface area contributed by atoms with Gasteiger partial charge in [0.25, 0.3) is 0 Å². The van der Waals surface area contributed by atoms with Gasteiger partial charge in [0.15, 0.2) is 0 Å². The molecule has 194 valence electrons. The first-order valence-corrected chi connectivity index (χ1v) is 14.2. The molecule has 0 saturated carbocycles. The molecule has 4 N–H and O–H groups in total. The van der Waals surface area contributed by atoms with Gasteiger partial charge in [-0.2, -0.15) is 0 Å². The SMILES string of the molecule is CCCCCCCCCCCC(O)CC(O)C(O)CC(O)CCCCCCCCCCC. The van der Waals surface area contributed by atoms with E-state index in [1.807, 2.05) is 0 Å². The van der Waals surface area contributed by atoms with Gasteiger partial charge in [-0.1, -0.05) is 129 Å². The zero-order chi connectivity index (χ0) is 23.9. The third-order valence-electron chi connectivity index (χ3n) is 6.75. The molecule has 0 rings (SSSR count). The lowest BCUT2D eigenvalue weighted by Gasteiger charge is -2.23. The van der Waals surface area contributed by atoms with Crippen LogP contribution in [0, 0.1) is 0 Å². The normalized spacial score (nSPS) is 15.6. The smallest absolute Gasteiger partial charge is 0.0824 e. The van der Waals surface area contributed by atoms with E-state index < -0.39 is 24.4 Å². The van der Waals surface area contributed by atoms with Crippen LogP contribution in [0.3, 0.4) is 0 Å².